The molecule has 0 saturated carbocycles. The zero-order chi connectivity index (χ0) is 16.6. The fourth-order valence-electron chi connectivity index (χ4n) is 2.47. The summed E-state index contributed by atoms with van der Waals surface area (Å²) in [5.74, 6) is -0.312. The maximum Gasteiger partial charge on any atom is 0.343 e. The van der Waals surface area contributed by atoms with Crippen molar-refractivity contribution in [2.45, 2.75) is 13.5 Å². The molecular formula is C16H14ClNO5. The van der Waals surface area contributed by atoms with E-state index in [9.17, 15) is 14.7 Å². The lowest BCUT2D eigenvalue weighted by Gasteiger charge is -2.12. The molecule has 2 aromatic rings. The van der Waals surface area contributed by atoms with Gasteiger partial charge in [0.25, 0.3) is 0 Å². The normalized spacial score (nSPS) is 12.6. The van der Waals surface area contributed by atoms with Gasteiger partial charge in [0.05, 0.1) is 23.9 Å². The highest BCUT2D eigenvalue weighted by atomic mass is 35.5. The third kappa shape index (κ3) is 2.77. The summed E-state index contributed by atoms with van der Waals surface area (Å²) >= 11 is 5.96. The number of rotatable bonds is 2. The lowest BCUT2D eigenvalue weighted by atomic mass is 10.1. The first-order valence-electron chi connectivity index (χ1n) is 7.08. The minimum atomic E-state index is -0.651. The third-order valence-electron chi connectivity index (χ3n) is 3.54. The number of pyridine rings is 1. The van der Waals surface area contributed by atoms with Crippen molar-refractivity contribution in [3.05, 3.63) is 45.2 Å². The predicted molar refractivity (Wildman–Crippen MR) is 84.3 cm³/mol. The number of aromatic hydroxyl groups is 1. The number of phenols is 1. The first-order valence-corrected chi connectivity index (χ1v) is 7.46. The molecule has 1 N–H and O–H groups in total. The van der Waals surface area contributed by atoms with Gasteiger partial charge < -0.3 is 19.1 Å². The highest BCUT2D eigenvalue weighted by molar-refractivity contribution is 6.32. The summed E-state index contributed by atoms with van der Waals surface area (Å²) in [6, 6.07) is 4.30. The van der Waals surface area contributed by atoms with E-state index in [0.29, 0.717) is 30.2 Å². The van der Waals surface area contributed by atoms with Crippen molar-refractivity contribution < 1.29 is 19.4 Å². The molecule has 3 rings (SSSR count). The van der Waals surface area contributed by atoms with E-state index in [0.717, 1.165) is 0 Å². The molecule has 0 fully saturated rings. The summed E-state index contributed by atoms with van der Waals surface area (Å²) in [4.78, 5) is 24.1. The molecule has 0 atom stereocenters. The van der Waals surface area contributed by atoms with Crippen LogP contribution in [-0.2, 0) is 11.3 Å². The van der Waals surface area contributed by atoms with Crippen LogP contribution < -0.4 is 10.2 Å². The summed E-state index contributed by atoms with van der Waals surface area (Å²) < 4.78 is 12.2. The number of fused-ring (bicyclic) bond motifs is 3. The predicted octanol–water partition coefficient (Wildman–Crippen LogP) is 2.44. The molecule has 1 aromatic carbocycles. The summed E-state index contributed by atoms with van der Waals surface area (Å²) in [5, 5.41) is 9.86. The molecule has 6 nitrogen and oxygen atoms in total. The molecule has 120 valence electrons. The Morgan fingerprint density at radius 1 is 1.43 bits per heavy atom. The number of nitrogens with zero attached hydrogens (tertiary/aromatic N) is 1. The van der Waals surface area contributed by atoms with Gasteiger partial charge in [-0.2, -0.15) is 0 Å². The zero-order valence-electron chi connectivity index (χ0n) is 12.3. The Labute approximate surface area is 136 Å². The van der Waals surface area contributed by atoms with E-state index < -0.39 is 11.4 Å². The fraction of sp³-hybridized carbons (Fsp3) is 0.250. The van der Waals surface area contributed by atoms with Gasteiger partial charge >= 0.3 is 5.97 Å². The van der Waals surface area contributed by atoms with Crippen molar-refractivity contribution in [2.24, 2.45) is 0 Å². The topological polar surface area (TPSA) is 77.8 Å². The molecule has 0 unspecified atom stereocenters. The number of esters is 1. The first-order chi connectivity index (χ1) is 11.0. The molecule has 7 heteroatoms. The van der Waals surface area contributed by atoms with Crippen LogP contribution in [0.1, 0.15) is 17.3 Å². The highest BCUT2D eigenvalue weighted by Crippen LogP contribution is 2.38. The van der Waals surface area contributed by atoms with Crippen LogP contribution in [0.4, 0.5) is 0 Å². The van der Waals surface area contributed by atoms with Gasteiger partial charge in [-0.25, -0.2) is 4.79 Å². The van der Waals surface area contributed by atoms with Crippen LogP contribution in [-0.4, -0.2) is 28.9 Å². The molecule has 0 saturated heterocycles. The van der Waals surface area contributed by atoms with Crippen LogP contribution in [0.5, 0.6) is 11.5 Å². The molecule has 2 heterocycles. The van der Waals surface area contributed by atoms with Crippen LogP contribution in [0.3, 0.4) is 0 Å². The molecule has 1 aliphatic heterocycles. The molecular weight excluding hydrogens is 322 g/mol. The number of carbonyl (C=O) groups is 1. The lowest BCUT2D eigenvalue weighted by Crippen LogP contribution is -2.21. The number of ether oxygens (including phenoxy) is 2. The number of carbonyl (C=O) groups excluding carboxylic acids is 1. The smallest absolute Gasteiger partial charge is 0.343 e. The van der Waals surface area contributed by atoms with Crippen LogP contribution in [0.15, 0.2) is 29.2 Å². The molecule has 1 aliphatic rings. The Hall–Kier alpha value is -2.47. The van der Waals surface area contributed by atoms with Crippen molar-refractivity contribution >= 4 is 17.6 Å². The summed E-state index contributed by atoms with van der Waals surface area (Å²) in [5.41, 5.74) is 0.686. The van der Waals surface area contributed by atoms with Crippen LogP contribution in [0.25, 0.3) is 11.3 Å². The number of phenolic OH excluding ortho intramolecular Hbond substituents is 1. The lowest BCUT2D eigenvalue weighted by molar-refractivity contribution is 0.0523. The third-order valence-corrected chi connectivity index (χ3v) is 3.84. The minimum Gasteiger partial charge on any atom is -0.506 e. The van der Waals surface area contributed by atoms with E-state index in [2.05, 4.69) is 0 Å². The van der Waals surface area contributed by atoms with Crippen molar-refractivity contribution in [1.29, 1.82) is 0 Å². The van der Waals surface area contributed by atoms with Crippen LogP contribution in [0, 0.1) is 0 Å². The van der Waals surface area contributed by atoms with Gasteiger partial charge in [0.15, 0.2) is 5.43 Å². The average Bonchev–Trinajstić information content (AvgIpc) is 2.67. The SMILES string of the molecule is CCOC(=O)c1cn2c(cc1=O)-c1cc(Cl)c(O)cc1OCC2. The summed E-state index contributed by atoms with van der Waals surface area (Å²) in [7, 11) is 0. The average molecular weight is 336 g/mol. The van der Waals surface area contributed by atoms with E-state index >= 15 is 0 Å². The summed E-state index contributed by atoms with van der Waals surface area (Å²) in [6.07, 6.45) is 1.47. The van der Waals surface area contributed by atoms with E-state index in [-0.39, 0.29) is 22.9 Å². The van der Waals surface area contributed by atoms with Gasteiger partial charge in [0.1, 0.15) is 23.7 Å². The zero-order valence-corrected chi connectivity index (χ0v) is 13.1. The van der Waals surface area contributed by atoms with Gasteiger partial charge in [0.2, 0.25) is 0 Å². The summed E-state index contributed by atoms with van der Waals surface area (Å²) in [6.45, 7) is 2.64. The van der Waals surface area contributed by atoms with E-state index in [4.69, 9.17) is 21.1 Å². The standard InChI is InChI=1S/C16H14ClNO5/c1-2-22-16(21)10-8-18-3-4-23-15-7-14(20)11(17)5-9(15)12(18)6-13(10)19/h5-8,20H,2-4H2,1H3. The molecule has 0 spiro atoms. The number of hydrogen-bond acceptors (Lipinski definition) is 5. The number of aromatic nitrogens is 1. The van der Waals surface area contributed by atoms with Crippen LogP contribution in [0.2, 0.25) is 5.02 Å². The van der Waals surface area contributed by atoms with Crippen molar-refractivity contribution in [1.82, 2.24) is 4.57 Å². The molecule has 0 aliphatic carbocycles. The molecule has 0 bridgehead atoms. The Bertz CT molecular complexity index is 843. The van der Waals surface area contributed by atoms with E-state index in [1.165, 1.54) is 24.4 Å². The first kappa shape index (κ1) is 15.4. The van der Waals surface area contributed by atoms with Crippen molar-refractivity contribution in [2.75, 3.05) is 13.2 Å². The molecule has 1 aromatic heterocycles. The second-order valence-electron chi connectivity index (χ2n) is 5.00. The quantitative estimate of drug-likeness (QED) is 0.853. The highest BCUT2D eigenvalue weighted by Gasteiger charge is 2.21. The molecule has 0 amide bonds. The second kappa shape index (κ2) is 5.96. The monoisotopic (exact) mass is 335 g/mol. The Balaban J connectivity index is 2.19. The number of halogens is 1. The Kier molecular flexibility index (Phi) is 4.00. The Morgan fingerprint density at radius 2 is 2.22 bits per heavy atom. The number of benzene rings is 1. The van der Waals surface area contributed by atoms with E-state index in [1.807, 2.05) is 0 Å². The van der Waals surface area contributed by atoms with Gasteiger partial charge in [-0.1, -0.05) is 11.6 Å². The number of hydrogen-bond donors (Lipinski definition) is 1. The molecule has 23 heavy (non-hydrogen) atoms. The fourth-order valence-corrected chi connectivity index (χ4v) is 2.63. The van der Waals surface area contributed by atoms with E-state index in [1.54, 1.807) is 11.5 Å². The minimum absolute atomic E-state index is 0.0241. The maximum atomic E-state index is 12.2. The van der Waals surface area contributed by atoms with Gasteiger partial charge in [-0.05, 0) is 13.0 Å². The molecule has 0 radical (unpaired) electrons. The largest absolute Gasteiger partial charge is 0.506 e. The Morgan fingerprint density at radius 3 is 2.96 bits per heavy atom. The second-order valence-corrected chi connectivity index (χ2v) is 5.41. The van der Waals surface area contributed by atoms with Gasteiger partial charge in [-0.3, -0.25) is 4.79 Å². The van der Waals surface area contributed by atoms with Crippen molar-refractivity contribution in [3.8, 4) is 22.8 Å². The van der Waals surface area contributed by atoms with Gasteiger partial charge in [0, 0.05) is 23.9 Å². The van der Waals surface area contributed by atoms with Crippen LogP contribution >= 0.6 is 11.6 Å². The van der Waals surface area contributed by atoms with Crippen molar-refractivity contribution in [3.63, 3.8) is 0 Å². The maximum absolute atomic E-state index is 12.2. The van der Waals surface area contributed by atoms with Gasteiger partial charge in [-0.15, -0.1) is 0 Å².